The molecule has 1 N–H and O–H groups in total. The zero-order valence-corrected chi connectivity index (χ0v) is 12.4. The second-order valence-corrected chi connectivity index (χ2v) is 5.33. The van der Waals surface area contributed by atoms with E-state index in [1.807, 2.05) is 31.3 Å². The van der Waals surface area contributed by atoms with E-state index in [0.717, 1.165) is 28.1 Å². The number of fused-ring (bicyclic) bond motifs is 1. The van der Waals surface area contributed by atoms with Gasteiger partial charge in [-0.1, -0.05) is 12.1 Å². The Morgan fingerprint density at radius 3 is 2.62 bits per heavy atom. The summed E-state index contributed by atoms with van der Waals surface area (Å²) in [6.45, 7) is 4.16. The average molecular weight is 283 g/mol. The zero-order valence-electron chi connectivity index (χ0n) is 12.4. The van der Waals surface area contributed by atoms with Crippen LogP contribution in [0.1, 0.15) is 19.9 Å². The van der Waals surface area contributed by atoms with Gasteiger partial charge in [0.2, 0.25) is 0 Å². The minimum atomic E-state index is -0.238. The zero-order chi connectivity index (χ0) is 15.0. The first-order valence-electron chi connectivity index (χ1n) is 7.06. The van der Waals surface area contributed by atoms with Crippen LogP contribution in [0.3, 0.4) is 0 Å². The SMILES string of the molecule is CNc1ccccc1-c1nc2ccc(F)cc2n1C(C)C. The fourth-order valence-electron chi connectivity index (χ4n) is 2.67. The number of aromatic nitrogens is 2. The summed E-state index contributed by atoms with van der Waals surface area (Å²) in [6.07, 6.45) is 0. The molecule has 0 atom stereocenters. The molecule has 0 aliphatic rings. The minimum absolute atomic E-state index is 0.191. The van der Waals surface area contributed by atoms with Gasteiger partial charge in [-0.15, -0.1) is 0 Å². The van der Waals surface area contributed by atoms with E-state index in [1.165, 1.54) is 6.07 Å². The molecule has 108 valence electrons. The summed E-state index contributed by atoms with van der Waals surface area (Å²) in [4.78, 5) is 4.71. The normalized spacial score (nSPS) is 11.3. The molecule has 3 nitrogen and oxygen atoms in total. The first-order chi connectivity index (χ1) is 10.1. The van der Waals surface area contributed by atoms with Gasteiger partial charge in [-0.05, 0) is 44.2 Å². The number of anilines is 1. The van der Waals surface area contributed by atoms with E-state index in [9.17, 15) is 4.39 Å². The Hall–Kier alpha value is -2.36. The molecular weight excluding hydrogens is 265 g/mol. The minimum Gasteiger partial charge on any atom is -0.388 e. The van der Waals surface area contributed by atoms with Crippen molar-refractivity contribution in [1.29, 1.82) is 0 Å². The summed E-state index contributed by atoms with van der Waals surface area (Å²) in [5.74, 6) is 0.619. The summed E-state index contributed by atoms with van der Waals surface area (Å²) in [5.41, 5.74) is 3.66. The fourth-order valence-corrected chi connectivity index (χ4v) is 2.67. The van der Waals surface area contributed by atoms with Gasteiger partial charge in [-0.3, -0.25) is 0 Å². The van der Waals surface area contributed by atoms with Gasteiger partial charge in [0, 0.05) is 24.3 Å². The summed E-state index contributed by atoms with van der Waals surface area (Å²) in [6, 6.07) is 12.9. The molecule has 0 radical (unpaired) electrons. The topological polar surface area (TPSA) is 29.9 Å². The van der Waals surface area contributed by atoms with E-state index < -0.39 is 0 Å². The molecule has 0 aliphatic heterocycles. The highest BCUT2D eigenvalue weighted by Gasteiger charge is 2.17. The number of hydrogen-bond donors (Lipinski definition) is 1. The van der Waals surface area contributed by atoms with Crippen LogP contribution < -0.4 is 5.32 Å². The lowest BCUT2D eigenvalue weighted by atomic mass is 10.1. The van der Waals surface area contributed by atoms with Crippen LogP contribution in [0.2, 0.25) is 0 Å². The third kappa shape index (κ3) is 2.27. The van der Waals surface area contributed by atoms with Crippen LogP contribution >= 0.6 is 0 Å². The van der Waals surface area contributed by atoms with Crippen LogP contribution in [0.4, 0.5) is 10.1 Å². The Morgan fingerprint density at radius 2 is 1.90 bits per heavy atom. The van der Waals surface area contributed by atoms with Crippen molar-refractivity contribution < 1.29 is 4.39 Å². The molecular formula is C17H18FN3. The molecule has 0 unspecified atom stereocenters. The highest BCUT2D eigenvalue weighted by Crippen LogP contribution is 2.32. The van der Waals surface area contributed by atoms with Crippen LogP contribution in [-0.2, 0) is 0 Å². The lowest BCUT2D eigenvalue weighted by Gasteiger charge is -2.15. The monoisotopic (exact) mass is 283 g/mol. The van der Waals surface area contributed by atoms with Crippen molar-refractivity contribution in [1.82, 2.24) is 9.55 Å². The smallest absolute Gasteiger partial charge is 0.143 e. The van der Waals surface area contributed by atoms with Crippen molar-refractivity contribution in [3.8, 4) is 11.4 Å². The summed E-state index contributed by atoms with van der Waals surface area (Å²) in [5, 5.41) is 3.19. The van der Waals surface area contributed by atoms with E-state index in [4.69, 9.17) is 4.98 Å². The molecule has 4 heteroatoms. The first kappa shape index (κ1) is 13.6. The molecule has 21 heavy (non-hydrogen) atoms. The van der Waals surface area contributed by atoms with Crippen LogP contribution in [0.15, 0.2) is 42.5 Å². The molecule has 3 rings (SSSR count). The van der Waals surface area contributed by atoms with E-state index in [0.29, 0.717) is 0 Å². The number of hydrogen-bond acceptors (Lipinski definition) is 2. The van der Waals surface area contributed by atoms with Crippen molar-refractivity contribution in [2.75, 3.05) is 12.4 Å². The summed E-state index contributed by atoms with van der Waals surface area (Å²) < 4.78 is 15.7. The second-order valence-electron chi connectivity index (χ2n) is 5.33. The number of rotatable bonds is 3. The highest BCUT2D eigenvalue weighted by atomic mass is 19.1. The standard InChI is InChI=1S/C17H18FN3/c1-11(2)21-16-10-12(18)8-9-15(16)20-17(21)13-6-4-5-7-14(13)19-3/h4-11,19H,1-3H3. The van der Waals surface area contributed by atoms with Gasteiger partial charge >= 0.3 is 0 Å². The highest BCUT2D eigenvalue weighted by molar-refractivity contribution is 5.84. The molecule has 0 saturated carbocycles. The van der Waals surface area contributed by atoms with Gasteiger partial charge in [-0.25, -0.2) is 9.37 Å². The average Bonchev–Trinajstić information content (AvgIpc) is 2.85. The third-order valence-electron chi connectivity index (χ3n) is 3.61. The van der Waals surface area contributed by atoms with Crippen LogP contribution in [0.25, 0.3) is 22.4 Å². The molecule has 0 amide bonds. The van der Waals surface area contributed by atoms with E-state index in [2.05, 4.69) is 23.7 Å². The van der Waals surface area contributed by atoms with Gasteiger partial charge in [0.25, 0.3) is 0 Å². The maximum absolute atomic E-state index is 13.6. The Morgan fingerprint density at radius 1 is 1.14 bits per heavy atom. The van der Waals surface area contributed by atoms with Crippen LogP contribution in [-0.4, -0.2) is 16.6 Å². The van der Waals surface area contributed by atoms with Gasteiger partial charge < -0.3 is 9.88 Å². The number of benzene rings is 2. The molecule has 2 aromatic carbocycles. The molecule has 0 saturated heterocycles. The fraction of sp³-hybridized carbons (Fsp3) is 0.235. The number of imidazole rings is 1. The largest absolute Gasteiger partial charge is 0.388 e. The Kier molecular flexibility index (Phi) is 3.37. The number of nitrogens with zero attached hydrogens (tertiary/aromatic N) is 2. The first-order valence-corrected chi connectivity index (χ1v) is 7.06. The molecule has 1 heterocycles. The lowest BCUT2D eigenvalue weighted by molar-refractivity contribution is 0.613. The van der Waals surface area contributed by atoms with E-state index in [1.54, 1.807) is 12.1 Å². The molecule has 0 aliphatic carbocycles. The van der Waals surface area contributed by atoms with E-state index in [-0.39, 0.29) is 11.9 Å². The van der Waals surface area contributed by atoms with Gasteiger partial charge in [0.1, 0.15) is 11.6 Å². The number of halogens is 1. The van der Waals surface area contributed by atoms with Gasteiger partial charge in [-0.2, -0.15) is 0 Å². The summed E-state index contributed by atoms with van der Waals surface area (Å²) in [7, 11) is 1.89. The predicted molar refractivity (Wildman–Crippen MR) is 85.1 cm³/mol. The maximum Gasteiger partial charge on any atom is 0.143 e. The summed E-state index contributed by atoms with van der Waals surface area (Å²) >= 11 is 0. The van der Waals surface area contributed by atoms with Gasteiger partial charge in [0.05, 0.1) is 11.0 Å². The number of nitrogens with one attached hydrogen (secondary N) is 1. The molecule has 3 aromatic rings. The van der Waals surface area contributed by atoms with E-state index >= 15 is 0 Å². The van der Waals surface area contributed by atoms with Crippen molar-refractivity contribution in [3.05, 3.63) is 48.3 Å². The van der Waals surface area contributed by atoms with Crippen molar-refractivity contribution >= 4 is 16.7 Å². The second kappa shape index (κ2) is 5.20. The van der Waals surface area contributed by atoms with Crippen molar-refractivity contribution in [3.63, 3.8) is 0 Å². The van der Waals surface area contributed by atoms with Crippen LogP contribution in [0, 0.1) is 5.82 Å². The molecule has 0 bridgehead atoms. The maximum atomic E-state index is 13.6. The Balaban J connectivity index is 2.34. The van der Waals surface area contributed by atoms with Crippen molar-refractivity contribution in [2.24, 2.45) is 0 Å². The molecule has 0 spiro atoms. The quantitative estimate of drug-likeness (QED) is 0.769. The Labute approximate surface area is 123 Å². The lowest BCUT2D eigenvalue weighted by Crippen LogP contribution is -2.04. The van der Waals surface area contributed by atoms with Crippen LogP contribution in [0.5, 0.6) is 0 Å². The third-order valence-corrected chi connectivity index (χ3v) is 3.61. The Bertz CT molecular complexity index is 790. The predicted octanol–water partition coefficient (Wildman–Crippen LogP) is 4.47. The molecule has 1 aromatic heterocycles. The van der Waals surface area contributed by atoms with Crippen molar-refractivity contribution in [2.45, 2.75) is 19.9 Å². The molecule has 0 fully saturated rings. The van der Waals surface area contributed by atoms with Gasteiger partial charge in [0.15, 0.2) is 0 Å². The number of para-hydroxylation sites is 1.